The van der Waals surface area contributed by atoms with Crippen LogP contribution in [-0.4, -0.2) is 42.1 Å². The Morgan fingerprint density at radius 3 is 2.03 bits per heavy atom. The molecule has 1 aromatic heterocycles. The lowest BCUT2D eigenvalue weighted by Gasteiger charge is -2.28. The molecule has 8 nitrogen and oxygen atoms in total. The number of phenols is 1. The molecule has 3 rings (SSSR count). The number of oxazole rings is 1. The molecule has 0 saturated heterocycles. The first-order valence-corrected chi connectivity index (χ1v) is 13.3. The van der Waals surface area contributed by atoms with E-state index in [2.05, 4.69) is 15.6 Å². The molecule has 0 aliphatic heterocycles. The fourth-order valence-corrected chi connectivity index (χ4v) is 4.43. The molecule has 0 saturated carbocycles. The smallest absolute Gasteiger partial charge is 0.273 e. The van der Waals surface area contributed by atoms with Gasteiger partial charge in [0.25, 0.3) is 11.8 Å². The molecule has 0 aliphatic rings. The first kappa shape index (κ1) is 30.0. The molecule has 0 spiro atoms. The van der Waals surface area contributed by atoms with Crippen molar-refractivity contribution in [3.63, 3.8) is 0 Å². The monoisotopic (exact) mass is 555 g/mol. The van der Waals surface area contributed by atoms with Gasteiger partial charge in [-0.15, -0.1) is 0 Å². The van der Waals surface area contributed by atoms with Crippen molar-refractivity contribution in [2.45, 2.75) is 65.2 Å². The van der Waals surface area contributed by atoms with Crippen molar-refractivity contribution in [2.24, 2.45) is 0 Å². The van der Waals surface area contributed by atoms with E-state index in [9.17, 15) is 14.7 Å². The molecule has 1 heterocycles. The average molecular weight is 556 g/mol. The minimum atomic E-state index is -0.358. The van der Waals surface area contributed by atoms with Crippen LogP contribution in [0.1, 0.15) is 86.4 Å². The molecule has 9 heteroatoms. The highest BCUT2D eigenvalue weighted by Gasteiger charge is 2.27. The van der Waals surface area contributed by atoms with Crippen molar-refractivity contribution < 1.29 is 23.8 Å². The van der Waals surface area contributed by atoms with Crippen LogP contribution in [0.4, 0.5) is 0 Å². The van der Waals surface area contributed by atoms with E-state index in [4.69, 9.17) is 20.8 Å². The third kappa shape index (κ3) is 7.32. The maximum atomic E-state index is 12.9. The largest absolute Gasteiger partial charge is 0.507 e. The van der Waals surface area contributed by atoms with E-state index >= 15 is 0 Å². The number of halogens is 1. The van der Waals surface area contributed by atoms with Gasteiger partial charge in [-0.05, 0) is 54.0 Å². The fourth-order valence-electron chi connectivity index (χ4n) is 4.17. The van der Waals surface area contributed by atoms with E-state index in [0.29, 0.717) is 53.6 Å². The number of unbranched alkanes of at least 4 members (excludes halogenated alkanes) is 1. The fraction of sp³-hybridized carbons (Fsp3) is 0.433. The summed E-state index contributed by atoms with van der Waals surface area (Å²) in [6, 6.07) is 8.64. The summed E-state index contributed by atoms with van der Waals surface area (Å²) < 4.78 is 10.6. The Hall–Kier alpha value is -3.52. The highest BCUT2D eigenvalue weighted by Crippen LogP contribution is 2.39. The number of benzene rings is 2. The van der Waals surface area contributed by atoms with Crippen LogP contribution >= 0.6 is 11.6 Å². The van der Waals surface area contributed by atoms with Gasteiger partial charge in [0.2, 0.25) is 0 Å². The zero-order valence-electron chi connectivity index (χ0n) is 23.7. The van der Waals surface area contributed by atoms with Crippen LogP contribution in [0.3, 0.4) is 0 Å². The van der Waals surface area contributed by atoms with Crippen LogP contribution in [-0.2, 0) is 10.8 Å². The number of nitrogens with one attached hydrogen (secondary N) is 2. The van der Waals surface area contributed by atoms with Gasteiger partial charge in [0.1, 0.15) is 11.5 Å². The quantitative estimate of drug-likeness (QED) is 0.269. The van der Waals surface area contributed by atoms with Crippen molar-refractivity contribution in [2.75, 3.05) is 20.2 Å². The summed E-state index contributed by atoms with van der Waals surface area (Å²) >= 11 is 6.21. The van der Waals surface area contributed by atoms with Crippen molar-refractivity contribution in [1.82, 2.24) is 15.6 Å². The van der Waals surface area contributed by atoms with Crippen LogP contribution in [0.25, 0.3) is 11.3 Å². The van der Waals surface area contributed by atoms with Crippen molar-refractivity contribution in [3.8, 4) is 22.8 Å². The van der Waals surface area contributed by atoms with Gasteiger partial charge in [-0.3, -0.25) is 9.59 Å². The molecule has 0 unspecified atom stereocenters. The Bertz CT molecular complexity index is 1300. The summed E-state index contributed by atoms with van der Waals surface area (Å²) in [5.41, 5.74) is 2.15. The molecular formula is C30H38ClN3O5. The van der Waals surface area contributed by atoms with Gasteiger partial charge >= 0.3 is 0 Å². The summed E-state index contributed by atoms with van der Waals surface area (Å²) in [5, 5.41) is 17.1. The predicted octanol–water partition coefficient (Wildman–Crippen LogP) is 6.24. The molecule has 0 atom stereocenters. The molecule has 3 N–H and O–H groups in total. The Labute approximate surface area is 235 Å². The van der Waals surface area contributed by atoms with Gasteiger partial charge < -0.3 is 24.9 Å². The SMILES string of the molecule is COc1ccc(-c2ocnc2C(=O)NCCCCNC(=O)c2cc(C(C)(C)C)c(O)c(C(C)(C)C)c2)cc1Cl. The summed E-state index contributed by atoms with van der Waals surface area (Å²) in [7, 11) is 1.53. The number of ether oxygens (including phenoxy) is 1. The molecule has 0 bridgehead atoms. The summed E-state index contributed by atoms with van der Waals surface area (Å²) in [6.07, 6.45) is 2.54. The Balaban J connectivity index is 1.54. The molecule has 0 fully saturated rings. The number of carbonyl (C=O) groups excluding carboxylic acids is 2. The van der Waals surface area contributed by atoms with E-state index in [-0.39, 0.29) is 34.1 Å². The molecule has 210 valence electrons. The highest BCUT2D eigenvalue weighted by molar-refractivity contribution is 6.32. The van der Waals surface area contributed by atoms with Gasteiger partial charge in [-0.1, -0.05) is 53.1 Å². The number of phenolic OH excluding ortho intramolecular Hbond substituents is 1. The number of methoxy groups -OCH3 is 1. The van der Waals surface area contributed by atoms with E-state index in [1.165, 1.54) is 13.5 Å². The van der Waals surface area contributed by atoms with Gasteiger partial charge in [0, 0.05) is 35.3 Å². The molecular weight excluding hydrogens is 518 g/mol. The number of amides is 2. The number of nitrogens with zero attached hydrogens (tertiary/aromatic N) is 1. The molecule has 39 heavy (non-hydrogen) atoms. The number of rotatable bonds is 9. The molecule has 2 aromatic carbocycles. The minimum absolute atomic E-state index is 0.168. The Morgan fingerprint density at radius 2 is 1.51 bits per heavy atom. The standard InChI is InChI=1S/C30H38ClN3O5/c1-29(2,3)20-14-19(15-21(25(20)35)30(4,5)6)27(36)32-12-8-9-13-33-28(37)24-26(39-17-34-24)18-10-11-23(38-7)22(31)16-18/h10-11,14-17,35H,8-9,12-13H2,1-7H3,(H,32,36)(H,33,37). The van der Waals surface area contributed by atoms with E-state index < -0.39 is 0 Å². The lowest BCUT2D eigenvalue weighted by Crippen LogP contribution is -2.28. The Kier molecular flexibility index (Phi) is 9.33. The van der Waals surface area contributed by atoms with Crippen molar-refractivity contribution in [3.05, 3.63) is 64.1 Å². The predicted molar refractivity (Wildman–Crippen MR) is 153 cm³/mol. The number of aromatic hydroxyl groups is 1. The molecule has 0 radical (unpaired) electrons. The van der Waals surface area contributed by atoms with Crippen LogP contribution in [0.5, 0.6) is 11.5 Å². The zero-order chi connectivity index (χ0) is 29.0. The molecule has 0 aliphatic carbocycles. The maximum Gasteiger partial charge on any atom is 0.273 e. The zero-order valence-corrected chi connectivity index (χ0v) is 24.5. The van der Waals surface area contributed by atoms with Crippen molar-refractivity contribution in [1.29, 1.82) is 0 Å². The normalized spacial score (nSPS) is 11.8. The van der Waals surface area contributed by atoms with Gasteiger partial charge in [0.15, 0.2) is 17.8 Å². The van der Waals surface area contributed by atoms with Crippen LogP contribution in [0.2, 0.25) is 5.02 Å². The van der Waals surface area contributed by atoms with Gasteiger partial charge in [-0.25, -0.2) is 4.98 Å². The summed E-state index contributed by atoms with van der Waals surface area (Å²) in [5.74, 6) is 0.534. The van der Waals surface area contributed by atoms with Crippen molar-refractivity contribution >= 4 is 23.4 Å². The first-order valence-electron chi connectivity index (χ1n) is 13.0. The van der Waals surface area contributed by atoms with Crippen LogP contribution < -0.4 is 15.4 Å². The first-order chi connectivity index (χ1) is 18.2. The molecule has 3 aromatic rings. The number of aromatic nitrogens is 1. The number of carbonyl (C=O) groups is 2. The van der Waals surface area contributed by atoms with E-state index in [1.807, 2.05) is 41.5 Å². The summed E-state index contributed by atoms with van der Waals surface area (Å²) in [6.45, 7) is 12.9. The second-order valence-corrected chi connectivity index (χ2v) is 11.9. The topological polar surface area (TPSA) is 114 Å². The van der Waals surface area contributed by atoms with Crippen LogP contribution in [0.15, 0.2) is 41.1 Å². The highest BCUT2D eigenvalue weighted by atomic mass is 35.5. The lowest BCUT2D eigenvalue weighted by molar-refractivity contribution is 0.0937. The van der Waals surface area contributed by atoms with Gasteiger partial charge in [0.05, 0.1) is 12.1 Å². The maximum absolute atomic E-state index is 12.9. The third-order valence-corrected chi connectivity index (χ3v) is 6.65. The Morgan fingerprint density at radius 1 is 0.949 bits per heavy atom. The average Bonchev–Trinajstić information content (AvgIpc) is 3.34. The number of hydrogen-bond donors (Lipinski definition) is 3. The second kappa shape index (κ2) is 12.1. The lowest BCUT2D eigenvalue weighted by atomic mass is 9.78. The third-order valence-electron chi connectivity index (χ3n) is 6.36. The second-order valence-electron chi connectivity index (χ2n) is 11.5. The van der Waals surface area contributed by atoms with Gasteiger partial charge in [-0.2, -0.15) is 0 Å². The summed E-state index contributed by atoms with van der Waals surface area (Å²) in [4.78, 5) is 29.7. The number of hydrogen-bond acceptors (Lipinski definition) is 6. The van der Waals surface area contributed by atoms with E-state index in [0.717, 1.165) is 11.1 Å². The van der Waals surface area contributed by atoms with E-state index in [1.54, 1.807) is 30.3 Å². The minimum Gasteiger partial charge on any atom is -0.507 e. The molecule has 2 amide bonds. The van der Waals surface area contributed by atoms with Crippen LogP contribution in [0, 0.1) is 0 Å².